The molecule has 1 amide bonds. The van der Waals surface area contributed by atoms with Gasteiger partial charge in [-0.25, -0.2) is 14.1 Å². The highest BCUT2D eigenvalue weighted by Crippen LogP contribution is 2.41. The molecule has 0 radical (unpaired) electrons. The van der Waals surface area contributed by atoms with Gasteiger partial charge in [0, 0.05) is 18.5 Å². The Bertz CT molecular complexity index is 1490. The third-order valence-corrected chi connectivity index (χ3v) is 6.78. The topological polar surface area (TPSA) is 92.9 Å². The second kappa shape index (κ2) is 10.4. The third kappa shape index (κ3) is 5.79. The normalized spacial score (nSPS) is 15.1. The number of carbonyl (C=O) groups excluding carboxylic acids is 1. The number of rotatable bonds is 8. The van der Waals surface area contributed by atoms with E-state index in [1.165, 1.54) is 36.7 Å². The molecule has 1 atom stereocenters. The van der Waals surface area contributed by atoms with Crippen molar-refractivity contribution in [3.05, 3.63) is 100 Å². The maximum Gasteiger partial charge on any atom is 0.435 e. The van der Waals surface area contributed by atoms with Gasteiger partial charge in [0.25, 0.3) is 5.91 Å². The molecule has 202 valence electrons. The number of benzene rings is 1. The van der Waals surface area contributed by atoms with Gasteiger partial charge in [-0.3, -0.25) is 9.78 Å². The second-order valence-corrected chi connectivity index (χ2v) is 9.80. The molecule has 1 fully saturated rings. The first-order chi connectivity index (χ1) is 18.5. The summed E-state index contributed by atoms with van der Waals surface area (Å²) in [5, 5.41) is 17.8. The second-order valence-electron chi connectivity index (χ2n) is 9.37. The summed E-state index contributed by atoms with van der Waals surface area (Å²) in [6, 6.07) is 12.0. The van der Waals surface area contributed by atoms with Crippen molar-refractivity contribution in [3.63, 3.8) is 0 Å². The molecule has 3 aromatic heterocycles. The van der Waals surface area contributed by atoms with E-state index in [9.17, 15) is 27.5 Å². The molecule has 2 N–H and O–H groups in total. The predicted octanol–water partition coefficient (Wildman–Crippen LogP) is 6.15. The van der Waals surface area contributed by atoms with Crippen LogP contribution in [-0.4, -0.2) is 30.8 Å². The van der Waals surface area contributed by atoms with Crippen LogP contribution in [0.3, 0.4) is 0 Å². The number of carbonyl (C=O) groups is 1. The molecule has 12 heteroatoms. The van der Waals surface area contributed by atoms with E-state index in [1.807, 2.05) is 0 Å². The summed E-state index contributed by atoms with van der Waals surface area (Å²) in [6.07, 6.45) is 1.05. The maximum absolute atomic E-state index is 14.9. The first-order valence-electron chi connectivity index (χ1n) is 12.1. The Morgan fingerprint density at radius 2 is 1.87 bits per heavy atom. The molecule has 1 aliphatic carbocycles. The molecule has 0 spiro atoms. The Morgan fingerprint density at radius 3 is 2.51 bits per heavy atom. The van der Waals surface area contributed by atoms with Crippen LogP contribution < -0.4 is 5.32 Å². The molecule has 0 saturated heterocycles. The van der Waals surface area contributed by atoms with Gasteiger partial charge >= 0.3 is 6.18 Å². The largest absolute Gasteiger partial charge is 0.435 e. The molecule has 4 aromatic rings. The minimum atomic E-state index is -4.85. The summed E-state index contributed by atoms with van der Waals surface area (Å²) >= 11 is 5.82. The summed E-state index contributed by atoms with van der Waals surface area (Å²) < 4.78 is 55.9. The van der Waals surface area contributed by atoms with Crippen LogP contribution in [0.25, 0.3) is 5.82 Å². The molecular formula is C27H22ClF4N5O2. The lowest BCUT2D eigenvalue weighted by atomic mass is 9.84. The molecule has 1 unspecified atom stereocenters. The first-order valence-corrected chi connectivity index (χ1v) is 12.5. The maximum atomic E-state index is 14.9. The Balaban J connectivity index is 1.50. The predicted molar refractivity (Wildman–Crippen MR) is 135 cm³/mol. The summed E-state index contributed by atoms with van der Waals surface area (Å²) in [5.41, 5.74) is -3.13. The van der Waals surface area contributed by atoms with Crippen LogP contribution in [0.5, 0.6) is 0 Å². The van der Waals surface area contributed by atoms with Gasteiger partial charge in [-0.2, -0.15) is 18.3 Å². The van der Waals surface area contributed by atoms with E-state index in [0.29, 0.717) is 28.8 Å². The van der Waals surface area contributed by atoms with E-state index >= 15 is 0 Å². The van der Waals surface area contributed by atoms with Crippen molar-refractivity contribution in [1.29, 1.82) is 0 Å². The number of halogens is 5. The average Bonchev–Trinajstić information content (AvgIpc) is 3.63. The number of anilines is 1. The highest BCUT2D eigenvalue weighted by molar-refractivity contribution is 6.30. The van der Waals surface area contributed by atoms with Gasteiger partial charge in [0.05, 0.1) is 16.4 Å². The fraction of sp³-hybridized carbons (Fsp3) is 0.259. The van der Waals surface area contributed by atoms with Crippen molar-refractivity contribution in [2.45, 2.75) is 37.5 Å². The van der Waals surface area contributed by atoms with Gasteiger partial charge in [-0.05, 0) is 60.7 Å². The number of hydrogen-bond acceptors (Lipinski definition) is 5. The Morgan fingerprint density at radius 1 is 1.08 bits per heavy atom. The molecule has 7 nitrogen and oxygen atoms in total. The van der Waals surface area contributed by atoms with Crippen LogP contribution in [0, 0.1) is 11.7 Å². The van der Waals surface area contributed by atoms with Crippen LogP contribution >= 0.6 is 11.6 Å². The Kier molecular flexibility index (Phi) is 7.13. The van der Waals surface area contributed by atoms with Crippen molar-refractivity contribution in [1.82, 2.24) is 19.7 Å². The van der Waals surface area contributed by atoms with E-state index in [4.69, 9.17) is 11.6 Å². The number of aromatic nitrogens is 4. The minimum Gasteiger partial charge on any atom is -0.379 e. The van der Waals surface area contributed by atoms with Gasteiger partial charge in [0.15, 0.2) is 11.5 Å². The zero-order chi connectivity index (χ0) is 27.8. The molecule has 1 aliphatic rings. The van der Waals surface area contributed by atoms with Gasteiger partial charge in [0.1, 0.15) is 17.1 Å². The average molecular weight is 560 g/mol. The van der Waals surface area contributed by atoms with Crippen molar-refractivity contribution >= 4 is 23.2 Å². The summed E-state index contributed by atoms with van der Waals surface area (Å²) in [6.45, 7) is 0. The Hall–Kier alpha value is -3.83. The van der Waals surface area contributed by atoms with Gasteiger partial charge in [0.2, 0.25) is 0 Å². The van der Waals surface area contributed by atoms with Crippen LogP contribution in [-0.2, 0) is 11.8 Å². The highest BCUT2D eigenvalue weighted by Gasteiger charge is 2.38. The van der Waals surface area contributed by atoms with Crippen LogP contribution in [0.2, 0.25) is 5.02 Å². The van der Waals surface area contributed by atoms with Crippen molar-refractivity contribution < 1.29 is 27.5 Å². The number of alkyl halides is 3. The third-order valence-electron chi connectivity index (χ3n) is 6.55. The molecule has 39 heavy (non-hydrogen) atoms. The molecule has 0 aliphatic heterocycles. The van der Waals surface area contributed by atoms with Gasteiger partial charge < -0.3 is 10.4 Å². The lowest BCUT2D eigenvalue weighted by Crippen LogP contribution is -2.29. The fourth-order valence-corrected chi connectivity index (χ4v) is 4.37. The smallest absolute Gasteiger partial charge is 0.379 e. The lowest BCUT2D eigenvalue weighted by Gasteiger charge is -2.29. The fourth-order valence-electron chi connectivity index (χ4n) is 4.26. The molecule has 5 rings (SSSR count). The highest BCUT2D eigenvalue weighted by atomic mass is 35.5. The number of pyridine rings is 2. The standard InChI is InChI=1S/C27H22ClF4N5O2/c28-18-7-9-24(34-15-18)37-21(14-23(36-37)27(30,31)32)25(38)35-20-13-17(6-8-19(20)29)26(39,11-10-16-4-5-16)22-3-1-2-12-33-22/h1-3,6-9,12-16,39H,4-5,10-11H2,(H,35,38). The van der Waals surface area contributed by atoms with E-state index < -0.39 is 34.9 Å². The van der Waals surface area contributed by atoms with Crippen LogP contribution in [0.4, 0.5) is 23.2 Å². The number of amides is 1. The zero-order valence-corrected chi connectivity index (χ0v) is 21.0. The van der Waals surface area contributed by atoms with Crippen LogP contribution in [0.15, 0.2) is 67.0 Å². The molecule has 1 saturated carbocycles. The minimum absolute atomic E-state index is 0.0983. The summed E-state index contributed by atoms with van der Waals surface area (Å²) in [7, 11) is 0. The monoisotopic (exact) mass is 559 g/mol. The molecule has 1 aromatic carbocycles. The first kappa shape index (κ1) is 26.8. The number of aliphatic hydroxyl groups is 1. The SMILES string of the molecule is O=C(Nc1cc(C(O)(CCC2CC2)c2ccccn2)ccc1F)c1cc(C(F)(F)F)nn1-c1ccc(Cl)cn1. The van der Waals surface area contributed by atoms with E-state index in [2.05, 4.69) is 20.4 Å². The van der Waals surface area contributed by atoms with Crippen molar-refractivity contribution in [3.8, 4) is 5.82 Å². The van der Waals surface area contributed by atoms with Gasteiger partial charge in [-0.15, -0.1) is 0 Å². The molecular weight excluding hydrogens is 538 g/mol. The Labute approximate surface area is 225 Å². The molecule has 3 heterocycles. The van der Waals surface area contributed by atoms with E-state index in [0.717, 1.165) is 25.3 Å². The lowest BCUT2D eigenvalue weighted by molar-refractivity contribution is -0.141. The zero-order valence-electron chi connectivity index (χ0n) is 20.3. The number of nitrogens with zero attached hydrogens (tertiary/aromatic N) is 4. The van der Waals surface area contributed by atoms with E-state index in [1.54, 1.807) is 18.2 Å². The van der Waals surface area contributed by atoms with Gasteiger partial charge in [-0.1, -0.05) is 36.6 Å². The van der Waals surface area contributed by atoms with Crippen molar-refractivity contribution in [2.24, 2.45) is 5.92 Å². The van der Waals surface area contributed by atoms with Crippen molar-refractivity contribution in [2.75, 3.05) is 5.32 Å². The quantitative estimate of drug-likeness (QED) is 0.253. The van der Waals surface area contributed by atoms with Crippen LogP contribution in [0.1, 0.15) is 53.1 Å². The van der Waals surface area contributed by atoms with E-state index in [-0.39, 0.29) is 22.1 Å². The summed E-state index contributed by atoms with van der Waals surface area (Å²) in [5.74, 6) is -1.52. The number of hydrogen-bond donors (Lipinski definition) is 2. The molecule has 0 bridgehead atoms. The summed E-state index contributed by atoms with van der Waals surface area (Å²) in [4.78, 5) is 21.4. The number of nitrogens with one attached hydrogen (secondary N) is 1.